The van der Waals surface area contributed by atoms with Crippen molar-refractivity contribution in [1.82, 2.24) is 4.72 Å². The second-order valence-electron chi connectivity index (χ2n) is 4.66. The van der Waals surface area contributed by atoms with Crippen LogP contribution >= 0.6 is 0 Å². The van der Waals surface area contributed by atoms with Gasteiger partial charge in [0.05, 0.1) is 12.9 Å². The summed E-state index contributed by atoms with van der Waals surface area (Å²) in [6.07, 6.45) is 0.382. The highest BCUT2D eigenvalue weighted by molar-refractivity contribution is 7.89. The molecule has 0 saturated carbocycles. The van der Waals surface area contributed by atoms with E-state index in [1.807, 2.05) is 37.3 Å². The van der Waals surface area contributed by atoms with Crippen LogP contribution in [0.3, 0.4) is 0 Å². The molecule has 5 nitrogen and oxygen atoms in total. The number of esters is 1. The third-order valence-corrected chi connectivity index (χ3v) is 4.43. The Balaban J connectivity index is 2.38. The quantitative estimate of drug-likeness (QED) is 0.741. The highest BCUT2D eigenvalue weighted by atomic mass is 32.2. The van der Waals surface area contributed by atoms with E-state index in [1.165, 1.54) is 7.11 Å². The Morgan fingerprint density at radius 2 is 1.95 bits per heavy atom. The summed E-state index contributed by atoms with van der Waals surface area (Å²) in [5.41, 5.74) is 1.09. The van der Waals surface area contributed by atoms with Crippen LogP contribution in [-0.2, 0) is 19.6 Å². The van der Waals surface area contributed by atoms with Gasteiger partial charge in [-0.1, -0.05) is 37.3 Å². The van der Waals surface area contributed by atoms with Crippen LogP contribution in [0.2, 0.25) is 0 Å². The number of hydrogen-bond donors (Lipinski definition) is 1. The molecule has 0 bridgehead atoms. The van der Waals surface area contributed by atoms with Crippen molar-refractivity contribution < 1.29 is 17.9 Å². The van der Waals surface area contributed by atoms with Gasteiger partial charge in [-0.2, -0.15) is 0 Å². The lowest BCUT2D eigenvalue weighted by Crippen LogP contribution is -2.30. The van der Waals surface area contributed by atoms with Gasteiger partial charge in [0.25, 0.3) is 0 Å². The van der Waals surface area contributed by atoms with Gasteiger partial charge in [-0.05, 0) is 17.9 Å². The van der Waals surface area contributed by atoms with Gasteiger partial charge in [0.2, 0.25) is 10.0 Å². The molecule has 0 aromatic heterocycles. The minimum Gasteiger partial charge on any atom is -0.469 e. The summed E-state index contributed by atoms with van der Waals surface area (Å²) in [5, 5.41) is 0. The first-order valence-corrected chi connectivity index (χ1v) is 8.19. The smallest absolute Gasteiger partial charge is 0.305 e. The predicted octanol–water partition coefficient (Wildman–Crippen LogP) is 1.66. The molecule has 20 heavy (non-hydrogen) atoms. The van der Waals surface area contributed by atoms with Gasteiger partial charge in [0.15, 0.2) is 0 Å². The van der Waals surface area contributed by atoms with E-state index < -0.39 is 16.0 Å². The van der Waals surface area contributed by atoms with E-state index in [1.54, 1.807) is 0 Å². The Morgan fingerprint density at radius 3 is 2.55 bits per heavy atom. The molecular weight excluding hydrogens is 278 g/mol. The Bertz CT molecular complexity index is 513. The maximum atomic E-state index is 11.8. The third-order valence-electron chi connectivity index (χ3n) is 3.00. The number of carbonyl (C=O) groups excluding carboxylic acids is 1. The van der Waals surface area contributed by atoms with Gasteiger partial charge in [0, 0.05) is 13.0 Å². The van der Waals surface area contributed by atoms with E-state index in [9.17, 15) is 13.2 Å². The SMILES string of the molecule is COC(=O)CCCS(=O)(=O)NCC(C)c1ccccc1. The molecule has 1 aromatic rings. The number of rotatable bonds is 8. The number of methoxy groups -OCH3 is 1. The lowest BCUT2D eigenvalue weighted by Gasteiger charge is -2.13. The van der Waals surface area contributed by atoms with Gasteiger partial charge in [-0.3, -0.25) is 4.79 Å². The van der Waals surface area contributed by atoms with Gasteiger partial charge in [-0.15, -0.1) is 0 Å². The maximum absolute atomic E-state index is 11.8. The molecule has 1 atom stereocenters. The summed E-state index contributed by atoms with van der Waals surface area (Å²) in [7, 11) is -2.06. The van der Waals surface area contributed by atoms with Crippen LogP contribution in [0, 0.1) is 0 Å². The summed E-state index contributed by atoms with van der Waals surface area (Å²) in [4.78, 5) is 10.9. The number of ether oxygens (including phenoxy) is 1. The van der Waals surface area contributed by atoms with E-state index in [-0.39, 0.29) is 24.5 Å². The second kappa shape index (κ2) is 8.01. The number of carbonyl (C=O) groups is 1. The number of nitrogens with one attached hydrogen (secondary N) is 1. The molecule has 0 aliphatic heterocycles. The van der Waals surface area contributed by atoms with Gasteiger partial charge < -0.3 is 4.74 Å². The fourth-order valence-corrected chi connectivity index (χ4v) is 2.90. The predicted molar refractivity (Wildman–Crippen MR) is 77.9 cm³/mol. The minimum absolute atomic E-state index is 0.0659. The van der Waals surface area contributed by atoms with Crippen molar-refractivity contribution in [3.8, 4) is 0 Å². The zero-order valence-electron chi connectivity index (χ0n) is 11.8. The Labute approximate surface area is 120 Å². The zero-order valence-corrected chi connectivity index (χ0v) is 12.7. The lowest BCUT2D eigenvalue weighted by molar-refractivity contribution is -0.140. The fourth-order valence-electron chi connectivity index (χ4n) is 1.73. The minimum atomic E-state index is -3.35. The van der Waals surface area contributed by atoms with Crippen LogP contribution < -0.4 is 4.72 Å². The normalized spacial score (nSPS) is 12.9. The molecular formula is C14H21NO4S. The molecule has 0 fully saturated rings. The van der Waals surface area contributed by atoms with Gasteiger partial charge >= 0.3 is 5.97 Å². The van der Waals surface area contributed by atoms with Gasteiger partial charge in [-0.25, -0.2) is 13.1 Å². The summed E-state index contributed by atoms with van der Waals surface area (Å²) in [5.74, 6) is -0.353. The molecule has 0 aliphatic carbocycles. The van der Waals surface area contributed by atoms with Crippen LogP contribution in [-0.4, -0.2) is 33.8 Å². The summed E-state index contributed by atoms with van der Waals surface area (Å²) < 4.78 is 30.6. The van der Waals surface area contributed by atoms with Crippen molar-refractivity contribution in [2.24, 2.45) is 0 Å². The molecule has 0 heterocycles. The summed E-state index contributed by atoms with van der Waals surface area (Å²) in [6.45, 7) is 2.32. The largest absolute Gasteiger partial charge is 0.469 e. The third kappa shape index (κ3) is 6.16. The first-order valence-electron chi connectivity index (χ1n) is 6.53. The highest BCUT2D eigenvalue weighted by Gasteiger charge is 2.13. The van der Waals surface area contributed by atoms with E-state index in [2.05, 4.69) is 9.46 Å². The molecule has 1 rings (SSSR count). The molecule has 0 saturated heterocycles. The molecule has 0 radical (unpaired) electrons. The second-order valence-corrected chi connectivity index (χ2v) is 6.59. The van der Waals surface area contributed by atoms with E-state index in [0.29, 0.717) is 6.54 Å². The monoisotopic (exact) mass is 299 g/mol. The molecule has 0 amide bonds. The topological polar surface area (TPSA) is 72.5 Å². The molecule has 6 heteroatoms. The lowest BCUT2D eigenvalue weighted by atomic mass is 10.0. The first kappa shape index (κ1) is 16.7. The van der Waals surface area contributed by atoms with E-state index in [0.717, 1.165) is 5.56 Å². The Kier molecular flexibility index (Phi) is 6.67. The van der Waals surface area contributed by atoms with Crippen molar-refractivity contribution in [2.75, 3.05) is 19.4 Å². The average Bonchev–Trinajstić information content (AvgIpc) is 2.45. The first-order chi connectivity index (χ1) is 9.44. The van der Waals surface area contributed by atoms with Crippen LogP contribution in [0.1, 0.15) is 31.2 Å². The van der Waals surface area contributed by atoms with Gasteiger partial charge in [0.1, 0.15) is 0 Å². The number of benzene rings is 1. The fraction of sp³-hybridized carbons (Fsp3) is 0.500. The maximum Gasteiger partial charge on any atom is 0.305 e. The molecule has 0 spiro atoms. The number of sulfonamides is 1. The molecule has 0 aliphatic rings. The standard InChI is InChI=1S/C14H21NO4S/c1-12(13-7-4-3-5-8-13)11-15-20(17,18)10-6-9-14(16)19-2/h3-5,7-8,12,15H,6,9-11H2,1-2H3. The average molecular weight is 299 g/mol. The zero-order chi connectivity index (χ0) is 15.0. The van der Waals surface area contributed by atoms with Crippen molar-refractivity contribution in [3.63, 3.8) is 0 Å². The summed E-state index contributed by atoms with van der Waals surface area (Å²) in [6, 6.07) is 9.72. The summed E-state index contributed by atoms with van der Waals surface area (Å²) >= 11 is 0. The van der Waals surface area contributed by atoms with E-state index >= 15 is 0 Å². The highest BCUT2D eigenvalue weighted by Crippen LogP contribution is 2.13. The van der Waals surface area contributed by atoms with Crippen LogP contribution in [0.25, 0.3) is 0 Å². The van der Waals surface area contributed by atoms with Crippen molar-refractivity contribution in [3.05, 3.63) is 35.9 Å². The molecule has 1 N–H and O–H groups in total. The van der Waals surface area contributed by atoms with Crippen molar-refractivity contribution >= 4 is 16.0 Å². The molecule has 112 valence electrons. The Hall–Kier alpha value is -1.40. The van der Waals surface area contributed by atoms with Crippen molar-refractivity contribution in [2.45, 2.75) is 25.7 Å². The van der Waals surface area contributed by atoms with Crippen LogP contribution in [0.4, 0.5) is 0 Å². The van der Waals surface area contributed by atoms with Crippen LogP contribution in [0.15, 0.2) is 30.3 Å². The van der Waals surface area contributed by atoms with Crippen molar-refractivity contribution in [1.29, 1.82) is 0 Å². The number of hydrogen-bond acceptors (Lipinski definition) is 4. The Morgan fingerprint density at radius 1 is 1.30 bits per heavy atom. The molecule has 1 unspecified atom stereocenters. The van der Waals surface area contributed by atoms with E-state index in [4.69, 9.17) is 0 Å². The molecule has 1 aromatic carbocycles. The van der Waals surface area contributed by atoms with Crippen LogP contribution in [0.5, 0.6) is 0 Å².